The van der Waals surface area contributed by atoms with E-state index in [4.69, 9.17) is 0 Å². The van der Waals surface area contributed by atoms with Gasteiger partial charge in [0.05, 0.1) is 11.4 Å². The highest BCUT2D eigenvalue weighted by molar-refractivity contribution is 7.89. The normalized spacial score (nSPS) is 25.6. The molecule has 1 aliphatic heterocycles. The van der Waals surface area contributed by atoms with E-state index >= 15 is 0 Å². The molecule has 0 aromatic rings. The van der Waals surface area contributed by atoms with Gasteiger partial charge in [-0.15, -0.1) is 0 Å². The second-order valence-electron chi connectivity index (χ2n) is 5.70. The quantitative estimate of drug-likeness (QED) is 0.774. The Morgan fingerprint density at radius 2 is 1.72 bits per heavy atom. The Bertz CT molecular complexity index is 371. The van der Waals surface area contributed by atoms with Crippen LogP contribution in [0, 0.1) is 5.92 Å². The molecule has 1 atom stereocenters. The van der Waals surface area contributed by atoms with Gasteiger partial charge in [0.1, 0.15) is 0 Å². The minimum absolute atomic E-state index is 0.224. The molecule has 106 valence electrons. The summed E-state index contributed by atoms with van der Waals surface area (Å²) < 4.78 is 25.6. The van der Waals surface area contributed by atoms with Crippen LogP contribution < -0.4 is 0 Å². The molecule has 2 fully saturated rings. The molecule has 0 unspecified atom stereocenters. The lowest BCUT2D eigenvalue weighted by atomic mass is 10.2. The van der Waals surface area contributed by atoms with Crippen molar-refractivity contribution in [3.8, 4) is 0 Å². The Labute approximate surface area is 110 Å². The second-order valence-corrected chi connectivity index (χ2v) is 8.19. The van der Waals surface area contributed by atoms with Gasteiger partial charge in [-0.1, -0.05) is 0 Å². The van der Waals surface area contributed by atoms with Gasteiger partial charge in [-0.05, 0) is 32.6 Å². The number of rotatable bonds is 5. The molecule has 0 amide bonds. The maximum atomic E-state index is 12.0. The first-order valence-corrected chi connectivity index (χ1v) is 8.31. The topological polar surface area (TPSA) is 60.9 Å². The molecular formula is C12H24N2O3S. The lowest BCUT2D eigenvalue weighted by Gasteiger charge is -2.35. The van der Waals surface area contributed by atoms with Gasteiger partial charge in [0.25, 0.3) is 0 Å². The van der Waals surface area contributed by atoms with Gasteiger partial charge in [0.15, 0.2) is 0 Å². The Morgan fingerprint density at radius 3 is 2.17 bits per heavy atom. The summed E-state index contributed by atoms with van der Waals surface area (Å²) in [6, 6.07) is 0. The Hall–Kier alpha value is -0.170. The van der Waals surface area contributed by atoms with Gasteiger partial charge in [0, 0.05) is 32.7 Å². The van der Waals surface area contributed by atoms with E-state index in [1.807, 2.05) is 0 Å². The fourth-order valence-electron chi connectivity index (χ4n) is 2.36. The molecule has 6 heteroatoms. The van der Waals surface area contributed by atoms with Crippen LogP contribution in [0.2, 0.25) is 0 Å². The van der Waals surface area contributed by atoms with Crippen LogP contribution in [0.4, 0.5) is 0 Å². The SMILES string of the molecule is CC(C)S(=O)(=O)N1CCN(C[C@H](O)C2CC2)CC1. The van der Waals surface area contributed by atoms with E-state index in [1.54, 1.807) is 18.2 Å². The number of sulfonamides is 1. The first-order valence-electron chi connectivity index (χ1n) is 6.80. The summed E-state index contributed by atoms with van der Waals surface area (Å²) in [6.07, 6.45) is 2.06. The monoisotopic (exact) mass is 276 g/mol. The lowest BCUT2D eigenvalue weighted by molar-refractivity contribution is 0.0781. The fourth-order valence-corrected chi connectivity index (χ4v) is 3.63. The van der Waals surface area contributed by atoms with E-state index in [0.717, 1.165) is 25.9 Å². The number of nitrogens with zero attached hydrogens (tertiary/aromatic N) is 2. The van der Waals surface area contributed by atoms with Crippen LogP contribution in [0.25, 0.3) is 0 Å². The highest BCUT2D eigenvalue weighted by Gasteiger charge is 2.33. The van der Waals surface area contributed by atoms with Crippen molar-refractivity contribution in [3.05, 3.63) is 0 Å². The molecule has 0 bridgehead atoms. The molecule has 0 radical (unpaired) electrons. The highest BCUT2D eigenvalue weighted by atomic mass is 32.2. The molecule has 18 heavy (non-hydrogen) atoms. The van der Waals surface area contributed by atoms with Crippen LogP contribution in [-0.2, 0) is 10.0 Å². The number of hydrogen-bond donors (Lipinski definition) is 1. The number of hydrogen-bond acceptors (Lipinski definition) is 4. The van der Waals surface area contributed by atoms with Crippen molar-refractivity contribution in [1.29, 1.82) is 0 Å². The molecule has 1 heterocycles. The minimum atomic E-state index is -3.11. The first-order chi connectivity index (χ1) is 8.41. The predicted molar refractivity (Wildman–Crippen MR) is 70.8 cm³/mol. The van der Waals surface area contributed by atoms with E-state index in [2.05, 4.69) is 4.90 Å². The van der Waals surface area contributed by atoms with Crippen LogP contribution in [0.1, 0.15) is 26.7 Å². The van der Waals surface area contributed by atoms with Gasteiger partial charge in [-0.25, -0.2) is 8.42 Å². The lowest BCUT2D eigenvalue weighted by Crippen LogP contribution is -2.51. The third-order valence-corrected chi connectivity index (χ3v) is 6.17. The number of aliphatic hydroxyl groups excluding tert-OH is 1. The van der Waals surface area contributed by atoms with Crippen molar-refractivity contribution in [1.82, 2.24) is 9.21 Å². The van der Waals surface area contributed by atoms with E-state index in [-0.39, 0.29) is 11.4 Å². The molecular weight excluding hydrogens is 252 g/mol. The zero-order valence-corrected chi connectivity index (χ0v) is 12.1. The molecule has 0 spiro atoms. The van der Waals surface area contributed by atoms with E-state index in [9.17, 15) is 13.5 Å². The maximum Gasteiger partial charge on any atom is 0.216 e. The summed E-state index contributed by atoms with van der Waals surface area (Å²) in [5.41, 5.74) is 0. The van der Waals surface area contributed by atoms with Gasteiger partial charge in [-0.3, -0.25) is 4.90 Å². The van der Waals surface area contributed by atoms with Crippen molar-refractivity contribution in [3.63, 3.8) is 0 Å². The minimum Gasteiger partial charge on any atom is -0.392 e. The van der Waals surface area contributed by atoms with Crippen molar-refractivity contribution >= 4 is 10.0 Å². The summed E-state index contributed by atoms with van der Waals surface area (Å²) in [6.45, 7) is 6.71. The van der Waals surface area contributed by atoms with Crippen molar-refractivity contribution in [2.45, 2.75) is 38.0 Å². The summed E-state index contributed by atoms with van der Waals surface area (Å²) >= 11 is 0. The maximum absolute atomic E-state index is 12.0. The Morgan fingerprint density at radius 1 is 1.17 bits per heavy atom. The average molecular weight is 276 g/mol. The third-order valence-electron chi connectivity index (χ3n) is 3.90. The largest absolute Gasteiger partial charge is 0.392 e. The van der Waals surface area contributed by atoms with Gasteiger partial charge in [-0.2, -0.15) is 4.31 Å². The zero-order valence-electron chi connectivity index (χ0n) is 11.2. The van der Waals surface area contributed by atoms with Crippen molar-refractivity contribution < 1.29 is 13.5 Å². The van der Waals surface area contributed by atoms with Gasteiger partial charge in [0.2, 0.25) is 10.0 Å². The summed E-state index contributed by atoms with van der Waals surface area (Å²) in [5, 5.41) is 9.54. The van der Waals surface area contributed by atoms with E-state index < -0.39 is 10.0 Å². The average Bonchev–Trinajstić information content (AvgIpc) is 3.13. The van der Waals surface area contributed by atoms with Gasteiger partial charge >= 0.3 is 0 Å². The molecule has 1 aliphatic carbocycles. The molecule has 2 aliphatic rings. The number of β-amino-alcohol motifs (C(OH)–C–C–N with tert-alkyl or cyclic N) is 1. The Balaban J connectivity index is 1.80. The number of piperazine rings is 1. The van der Waals surface area contributed by atoms with Crippen molar-refractivity contribution in [2.24, 2.45) is 5.92 Å². The van der Waals surface area contributed by atoms with Crippen molar-refractivity contribution in [2.75, 3.05) is 32.7 Å². The molecule has 1 saturated heterocycles. The van der Waals surface area contributed by atoms with Crippen LogP contribution in [0.5, 0.6) is 0 Å². The van der Waals surface area contributed by atoms with E-state index in [0.29, 0.717) is 25.6 Å². The van der Waals surface area contributed by atoms with Crippen LogP contribution in [0.3, 0.4) is 0 Å². The fraction of sp³-hybridized carbons (Fsp3) is 1.00. The first kappa shape index (κ1) is 14.2. The van der Waals surface area contributed by atoms with Crippen LogP contribution >= 0.6 is 0 Å². The number of aliphatic hydroxyl groups is 1. The smallest absolute Gasteiger partial charge is 0.216 e. The van der Waals surface area contributed by atoms with E-state index in [1.165, 1.54) is 0 Å². The van der Waals surface area contributed by atoms with Gasteiger partial charge < -0.3 is 5.11 Å². The molecule has 0 aromatic heterocycles. The second kappa shape index (κ2) is 5.45. The van der Waals surface area contributed by atoms with Crippen LogP contribution in [-0.4, -0.2) is 66.8 Å². The summed E-state index contributed by atoms with van der Waals surface area (Å²) in [7, 11) is -3.11. The Kier molecular flexibility index (Phi) is 4.31. The molecule has 0 aromatic carbocycles. The summed E-state index contributed by atoms with van der Waals surface area (Å²) in [4.78, 5) is 2.18. The zero-order chi connectivity index (χ0) is 13.3. The predicted octanol–water partition coefficient (Wildman–Crippen LogP) is 0.113. The molecule has 1 saturated carbocycles. The van der Waals surface area contributed by atoms with Crippen LogP contribution in [0.15, 0.2) is 0 Å². The standard InChI is InChI=1S/C12H24N2O3S/c1-10(2)18(16,17)14-7-5-13(6-8-14)9-12(15)11-3-4-11/h10-12,15H,3-9H2,1-2H3/t12-/m0/s1. The molecule has 5 nitrogen and oxygen atoms in total. The highest BCUT2D eigenvalue weighted by Crippen LogP contribution is 2.32. The molecule has 2 rings (SSSR count). The summed E-state index contributed by atoms with van der Waals surface area (Å²) in [5.74, 6) is 0.488. The molecule has 1 N–H and O–H groups in total. The third kappa shape index (κ3) is 3.23.